The zero-order chi connectivity index (χ0) is 21.1. The van der Waals surface area contributed by atoms with Crippen LogP contribution in [0.3, 0.4) is 0 Å². The molecule has 1 aliphatic rings. The highest BCUT2D eigenvalue weighted by molar-refractivity contribution is 6.46. The number of likely N-dealkylation sites (tertiary alicyclic amines) is 1. The van der Waals surface area contributed by atoms with Crippen molar-refractivity contribution in [2.45, 2.75) is 12.6 Å². The number of hydrogen-bond donors (Lipinski definition) is 1. The van der Waals surface area contributed by atoms with Gasteiger partial charge in [0.2, 0.25) is 0 Å². The molecule has 1 atom stereocenters. The van der Waals surface area contributed by atoms with E-state index in [2.05, 4.69) is 0 Å². The zero-order valence-electron chi connectivity index (χ0n) is 16.5. The molecular weight excluding hydrogens is 378 g/mol. The first-order valence-electron chi connectivity index (χ1n) is 9.62. The number of nitrogens with zero attached hydrogens (tertiary/aromatic N) is 1. The van der Waals surface area contributed by atoms with E-state index in [0.717, 1.165) is 11.1 Å². The minimum Gasteiger partial charge on any atom is -0.507 e. The number of rotatable bonds is 5. The van der Waals surface area contributed by atoms with Crippen molar-refractivity contribution in [2.24, 2.45) is 0 Å². The van der Waals surface area contributed by atoms with Crippen LogP contribution >= 0.6 is 0 Å². The van der Waals surface area contributed by atoms with E-state index in [1.54, 1.807) is 43.5 Å². The van der Waals surface area contributed by atoms with Crippen LogP contribution in [0.1, 0.15) is 22.7 Å². The Morgan fingerprint density at radius 1 is 0.900 bits per heavy atom. The molecule has 0 spiro atoms. The van der Waals surface area contributed by atoms with Crippen LogP contribution in [0.15, 0.2) is 90.5 Å². The molecule has 4 rings (SSSR count). The van der Waals surface area contributed by atoms with E-state index < -0.39 is 17.7 Å². The Hall–Kier alpha value is -3.86. The second-order valence-electron chi connectivity index (χ2n) is 7.05. The van der Waals surface area contributed by atoms with Crippen molar-refractivity contribution in [2.75, 3.05) is 7.11 Å². The number of carbonyl (C=O) groups excluding carboxylic acids is 2. The van der Waals surface area contributed by atoms with E-state index in [1.165, 1.54) is 4.90 Å². The van der Waals surface area contributed by atoms with Crippen LogP contribution in [0, 0.1) is 0 Å². The number of ketones is 1. The normalized spacial score (nSPS) is 17.9. The summed E-state index contributed by atoms with van der Waals surface area (Å²) in [6.45, 7) is 0.258. The number of amides is 1. The third kappa shape index (κ3) is 3.57. The minimum absolute atomic E-state index is 0.0901. The molecule has 1 N–H and O–H groups in total. The van der Waals surface area contributed by atoms with Gasteiger partial charge in [0, 0.05) is 12.1 Å². The van der Waals surface area contributed by atoms with Crippen LogP contribution in [0.2, 0.25) is 0 Å². The van der Waals surface area contributed by atoms with E-state index in [9.17, 15) is 14.7 Å². The predicted molar refractivity (Wildman–Crippen MR) is 114 cm³/mol. The van der Waals surface area contributed by atoms with Crippen molar-refractivity contribution < 1.29 is 19.4 Å². The predicted octanol–water partition coefficient (Wildman–Crippen LogP) is 4.32. The summed E-state index contributed by atoms with van der Waals surface area (Å²) in [5, 5.41) is 11.0. The van der Waals surface area contributed by atoms with Gasteiger partial charge < -0.3 is 14.7 Å². The summed E-state index contributed by atoms with van der Waals surface area (Å²) in [6.07, 6.45) is 0. The van der Waals surface area contributed by atoms with Crippen LogP contribution in [0.5, 0.6) is 5.75 Å². The molecule has 0 saturated carbocycles. The van der Waals surface area contributed by atoms with Gasteiger partial charge in [-0.2, -0.15) is 0 Å². The van der Waals surface area contributed by atoms with Gasteiger partial charge in [0.15, 0.2) is 0 Å². The summed E-state index contributed by atoms with van der Waals surface area (Å²) < 4.78 is 5.23. The number of carbonyl (C=O) groups is 2. The first-order chi connectivity index (χ1) is 14.6. The molecule has 5 heteroatoms. The number of benzene rings is 3. The van der Waals surface area contributed by atoms with Gasteiger partial charge in [-0.1, -0.05) is 72.8 Å². The molecule has 30 heavy (non-hydrogen) atoms. The fourth-order valence-electron chi connectivity index (χ4n) is 3.71. The lowest BCUT2D eigenvalue weighted by Crippen LogP contribution is -2.29. The highest BCUT2D eigenvalue weighted by Crippen LogP contribution is 2.40. The van der Waals surface area contributed by atoms with Crippen LogP contribution in [0.4, 0.5) is 0 Å². The molecular formula is C25H21NO4. The van der Waals surface area contributed by atoms with Gasteiger partial charge in [-0.05, 0) is 23.3 Å². The Kier molecular flexibility index (Phi) is 5.35. The van der Waals surface area contributed by atoms with Crippen molar-refractivity contribution in [3.63, 3.8) is 0 Å². The summed E-state index contributed by atoms with van der Waals surface area (Å²) in [7, 11) is 1.58. The monoisotopic (exact) mass is 399 g/mol. The summed E-state index contributed by atoms with van der Waals surface area (Å²) in [5.41, 5.74) is 2.21. The topological polar surface area (TPSA) is 66.8 Å². The number of Topliss-reactive ketones (excluding diaryl/α,β-unsaturated/α-hetero) is 1. The maximum atomic E-state index is 13.0. The summed E-state index contributed by atoms with van der Waals surface area (Å²) in [6, 6.07) is 24.8. The molecule has 1 aliphatic heterocycles. The standard InChI is InChI=1S/C25H21NO4/c1-30-20-14-12-18(13-15-20)22-21(23(27)19-10-6-3-7-11-19)24(28)25(29)26(22)16-17-8-4-2-5-9-17/h2-15,22,27H,16H2,1H3/b23-21+. The average molecular weight is 399 g/mol. The van der Waals surface area contributed by atoms with Crippen LogP contribution in [0.25, 0.3) is 5.76 Å². The summed E-state index contributed by atoms with van der Waals surface area (Å²) >= 11 is 0. The average Bonchev–Trinajstić information content (AvgIpc) is 3.05. The summed E-state index contributed by atoms with van der Waals surface area (Å²) in [4.78, 5) is 27.5. The van der Waals surface area contributed by atoms with Crippen LogP contribution < -0.4 is 4.74 Å². The highest BCUT2D eigenvalue weighted by atomic mass is 16.5. The Bertz CT molecular complexity index is 1090. The number of hydrogen-bond acceptors (Lipinski definition) is 4. The van der Waals surface area contributed by atoms with E-state index in [4.69, 9.17) is 4.74 Å². The van der Waals surface area contributed by atoms with Gasteiger partial charge in [0.25, 0.3) is 11.7 Å². The molecule has 1 fully saturated rings. The lowest BCUT2D eigenvalue weighted by Gasteiger charge is -2.25. The van der Waals surface area contributed by atoms with Crippen LogP contribution in [-0.4, -0.2) is 28.8 Å². The van der Waals surface area contributed by atoms with Gasteiger partial charge in [-0.15, -0.1) is 0 Å². The smallest absolute Gasteiger partial charge is 0.295 e. The molecule has 0 bridgehead atoms. The first kappa shape index (κ1) is 19.5. The molecule has 5 nitrogen and oxygen atoms in total. The molecule has 0 aromatic heterocycles. The Morgan fingerprint density at radius 3 is 2.10 bits per heavy atom. The lowest BCUT2D eigenvalue weighted by atomic mass is 9.95. The SMILES string of the molecule is COc1ccc(C2/C(=C(\O)c3ccccc3)C(=O)C(=O)N2Cc2ccccc2)cc1. The van der Waals surface area contributed by atoms with E-state index in [-0.39, 0.29) is 17.9 Å². The maximum Gasteiger partial charge on any atom is 0.295 e. The molecule has 1 heterocycles. The number of methoxy groups -OCH3 is 1. The van der Waals surface area contributed by atoms with Gasteiger partial charge in [0.1, 0.15) is 11.5 Å². The third-order valence-corrected chi connectivity index (χ3v) is 5.21. The number of aliphatic hydroxyl groups is 1. The Morgan fingerprint density at radius 2 is 1.50 bits per heavy atom. The van der Waals surface area contributed by atoms with Gasteiger partial charge in [0.05, 0.1) is 18.7 Å². The summed E-state index contributed by atoms with van der Waals surface area (Å²) in [5.74, 6) is -0.822. The second-order valence-corrected chi connectivity index (χ2v) is 7.05. The molecule has 0 radical (unpaired) electrons. The third-order valence-electron chi connectivity index (χ3n) is 5.21. The Labute approximate surface area is 174 Å². The van der Waals surface area contributed by atoms with Crippen molar-refractivity contribution >= 4 is 17.4 Å². The molecule has 150 valence electrons. The fraction of sp³-hybridized carbons (Fsp3) is 0.120. The van der Waals surface area contributed by atoms with Crippen molar-refractivity contribution in [3.8, 4) is 5.75 Å². The molecule has 1 unspecified atom stereocenters. The number of aliphatic hydroxyl groups excluding tert-OH is 1. The second kappa shape index (κ2) is 8.25. The molecule has 1 saturated heterocycles. The quantitative estimate of drug-likeness (QED) is 0.394. The van der Waals surface area contributed by atoms with Crippen LogP contribution in [-0.2, 0) is 16.1 Å². The van der Waals surface area contributed by atoms with E-state index >= 15 is 0 Å². The van der Waals surface area contributed by atoms with Crippen molar-refractivity contribution in [1.29, 1.82) is 0 Å². The van der Waals surface area contributed by atoms with Crippen molar-refractivity contribution in [3.05, 3.63) is 107 Å². The largest absolute Gasteiger partial charge is 0.507 e. The van der Waals surface area contributed by atoms with E-state index in [0.29, 0.717) is 11.3 Å². The molecule has 3 aromatic rings. The molecule has 0 aliphatic carbocycles. The lowest BCUT2D eigenvalue weighted by molar-refractivity contribution is -0.140. The number of ether oxygens (including phenoxy) is 1. The highest BCUT2D eigenvalue weighted by Gasteiger charge is 2.46. The molecule has 1 amide bonds. The van der Waals surface area contributed by atoms with Gasteiger partial charge in [-0.3, -0.25) is 9.59 Å². The minimum atomic E-state index is -0.698. The Balaban J connectivity index is 1.85. The van der Waals surface area contributed by atoms with Gasteiger partial charge in [-0.25, -0.2) is 0 Å². The fourth-order valence-corrected chi connectivity index (χ4v) is 3.71. The van der Waals surface area contributed by atoms with Gasteiger partial charge >= 0.3 is 0 Å². The zero-order valence-corrected chi connectivity index (χ0v) is 16.5. The maximum absolute atomic E-state index is 13.0. The van der Waals surface area contributed by atoms with Crippen molar-refractivity contribution in [1.82, 2.24) is 4.90 Å². The van der Waals surface area contributed by atoms with E-state index in [1.807, 2.05) is 48.5 Å². The first-order valence-corrected chi connectivity index (χ1v) is 9.62. The molecule has 3 aromatic carbocycles.